The van der Waals surface area contributed by atoms with Gasteiger partial charge in [-0.3, -0.25) is 9.59 Å². The summed E-state index contributed by atoms with van der Waals surface area (Å²) in [5.74, 6) is 0.263. The lowest BCUT2D eigenvalue weighted by Crippen LogP contribution is -2.54. The van der Waals surface area contributed by atoms with Gasteiger partial charge >= 0.3 is 0 Å². The number of benzene rings is 1. The van der Waals surface area contributed by atoms with Crippen LogP contribution in [-0.2, 0) is 14.4 Å². The summed E-state index contributed by atoms with van der Waals surface area (Å²) in [5.41, 5.74) is 1.42. The lowest BCUT2D eigenvalue weighted by molar-refractivity contribution is -0.153. The van der Waals surface area contributed by atoms with E-state index in [1.165, 1.54) is 0 Å². The molecule has 1 N–H and O–H groups in total. The number of likely N-dealkylation sites (tertiary alicyclic amines) is 2. The van der Waals surface area contributed by atoms with Crippen LogP contribution in [0.4, 0.5) is 0 Å². The van der Waals surface area contributed by atoms with Gasteiger partial charge in [0, 0.05) is 44.9 Å². The number of carbonyl (C=O) groups excluding carboxylic acids is 2. The molecule has 0 spiro atoms. The Kier molecular flexibility index (Phi) is 6.84. The SMILES string of the molecule is CC(C)C(=O)N1CCC(C[C@H]2CC(c3ccccc3)=NO2)(C(=O)N2CCC(O)CC2)CC1. The van der Waals surface area contributed by atoms with Crippen LogP contribution in [-0.4, -0.2) is 70.8 Å². The summed E-state index contributed by atoms with van der Waals surface area (Å²) < 4.78 is 0. The van der Waals surface area contributed by atoms with Crippen molar-refractivity contribution >= 4 is 17.5 Å². The minimum Gasteiger partial charge on any atom is -0.393 e. The summed E-state index contributed by atoms with van der Waals surface area (Å²) in [6.45, 7) is 6.21. The van der Waals surface area contributed by atoms with Crippen LogP contribution in [0.1, 0.15) is 57.9 Å². The molecule has 0 unspecified atom stereocenters. The predicted molar refractivity (Wildman–Crippen MR) is 122 cm³/mol. The van der Waals surface area contributed by atoms with Gasteiger partial charge in [-0.1, -0.05) is 49.3 Å². The summed E-state index contributed by atoms with van der Waals surface area (Å²) in [4.78, 5) is 35.9. The molecule has 1 aromatic carbocycles. The van der Waals surface area contributed by atoms with Crippen LogP contribution in [0.5, 0.6) is 0 Å². The first-order valence-corrected chi connectivity index (χ1v) is 11.9. The first kappa shape index (κ1) is 22.8. The molecule has 3 heterocycles. The van der Waals surface area contributed by atoms with E-state index in [4.69, 9.17) is 4.84 Å². The van der Waals surface area contributed by atoms with E-state index in [1.807, 2.05) is 54.0 Å². The first-order valence-electron chi connectivity index (χ1n) is 11.9. The summed E-state index contributed by atoms with van der Waals surface area (Å²) in [6.07, 6.45) is 3.37. The molecule has 4 rings (SSSR count). The fourth-order valence-corrected chi connectivity index (χ4v) is 5.20. The molecule has 0 bridgehead atoms. The highest BCUT2D eigenvalue weighted by Gasteiger charge is 2.47. The number of piperidine rings is 2. The number of oxime groups is 1. The molecule has 0 aliphatic carbocycles. The van der Waals surface area contributed by atoms with E-state index in [2.05, 4.69) is 5.16 Å². The molecule has 2 saturated heterocycles. The molecule has 7 nitrogen and oxygen atoms in total. The molecule has 32 heavy (non-hydrogen) atoms. The second-order valence-electron chi connectivity index (χ2n) is 9.82. The van der Waals surface area contributed by atoms with Crippen molar-refractivity contribution in [2.45, 2.75) is 64.6 Å². The largest absolute Gasteiger partial charge is 0.393 e. The van der Waals surface area contributed by atoms with Crippen molar-refractivity contribution in [1.82, 2.24) is 9.80 Å². The molecule has 1 aromatic rings. The van der Waals surface area contributed by atoms with Gasteiger partial charge < -0.3 is 19.7 Å². The highest BCUT2D eigenvalue weighted by atomic mass is 16.6. The van der Waals surface area contributed by atoms with Gasteiger partial charge in [-0.2, -0.15) is 0 Å². The number of amides is 2. The van der Waals surface area contributed by atoms with Crippen LogP contribution in [0.25, 0.3) is 0 Å². The van der Waals surface area contributed by atoms with Gasteiger partial charge in [0.2, 0.25) is 11.8 Å². The smallest absolute Gasteiger partial charge is 0.229 e. The van der Waals surface area contributed by atoms with Gasteiger partial charge in [-0.05, 0) is 31.2 Å². The van der Waals surface area contributed by atoms with Crippen molar-refractivity contribution in [1.29, 1.82) is 0 Å². The average molecular weight is 442 g/mol. The van der Waals surface area contributed by atoms with Crippen LogP contribution in [0, 0.1) is 11.3 Å². The second-order valence-corrected chi connectivity index (χ2v) is 9.82. The van der Waals surface area contributed by atoms with Crippen LogP contribution in [0.15, 0.2) is 35.5 Å². The van der Waals surface area contributed by atoms with E-state index in [0.29, 0.717) is 64.7 Å². The average Bonchev–Trinajstić information content (AvgIpc) is 3.28. The molecule has 7 heteroatoms. The molecule has 3 aliphatic rings. The Morgan fingerprint density at radius 1 is 1.09 bits per heavy atom. The third-order valence-electron chi connectivity index (χ3n) is 7.19. The number of aliphatic hydroxyl groups is 1. The van der Waals surface area contributed by atoms with Crippen LogP contribution in [0.2, 0.25) is 0 Å². The highest BCUT2D eigenvalue weighted by Crippen LogP contribution is 2.41. The maximum Gasteiger partial charge on any atom is 0.229 e. The van der Waals surface area contributed by atoms with Crippen LogP contribution >= 0.6 is 0 Å². The normalized spacial score (nSPS) is 23.8. The van der Waals surface area contributed by atoms with Gasteiger partial charge in [0.25, 0.3) is 0 Å². The lowest BCUT2D eigenvalue weighted by atomic mass is 9.72. The van der Waals surface area contributed by atoms with Crippen molar-refractivity contribution < 1.29 is 19.5 Å². The van der Waals surface area contributed by atoms with Crippen molar-refractivity contribution in [3.8, 4) is 0 Å². The Hall–Kier alpha value is -2.41. The Morgan fingerprint density at radius 3 is 2.38 bits per heavy atom. The maximum atomic E-state index is 13.8. The molecule has 2 amide bonds. The quantitative estimate of drug-likeness (QED) is 0.762. The third kappa shape index (κ3) is 4.82. The Bertz CT molecular complexity index is 838. The fourth-order valence-electron chi connectivity index (χ4n) is 5.20. The lowest BCUT2D eigenvalue weighted by Gasteiger charge is -2.45. The van der Waals surface area contributed by atoms with Crippen molar-refractivity contribution in [2.24, 2.45) is 16.5 Å². The molecule has 0 saturated carbocycles. The minimum atomic E-state index is -0.553. The fraction of sp³-hybridized carbons (Fsp3) is 0.640. The van der Waals surface area contributed by atoms with Crippen molar-refractivity contribution in [2.75, 3.05) is 26.2 Å². The topological polar surface area (TPSA) is 82.4 Å². The summed E-state index contributed by atoms with van der Waals surface area (Å²) >= 11 is 0. The van der Waals surface area contributed by atoms with E-state index < -0.39 is 5.41 Å². The molecule has 2 fully saturated rings. The number of aliphatic hydroxyl groups excluding tert-OH is 1. The number of carbonyl (C=O) groups is 2. The van der Waals surface area contributed by atoms with E-state index >= 15 is 0 Å². The third-order valence-corrected chi connectivity index (χ3v) is 7.19. The predicted octanol–water partition coefficient (Wildman–Crippen LogP) is 2.82. The van der Waals surface area contributed by atoms with Gasteiger partial charge in [-0.25, -0.2) is 0 Å². The monoisotopic (exact) mass is 441 g/mol. The highest BCUT2D eigenvalue weighted by molar-refractivity contribution is 6.01. The van der Waals surface area contributed by atoms with E-state index in [0.717, 1.165) is 11.3 Å². The van der Waals surface area contributed by atoms with Gasteiger partial charge in [0.05, 0.1) is 17.2 Å². The number of hydrogen-bond donors (Lipinski definition) is 1. The summed E-state index contributed by atoms with van der Waals surface area (Å²) in [7, 11) is 0. The summed E-state index contributed by atoms with van der Waals surface area (Å²) in [5, 5.41) is 14.2. The standard InChI is InChI=1S/C25H35N3O4/c1-18(2)23(30)27-14-10-25(11-15-27,24(31)28-12-8-20(29)9-13-28)17-21-16-22(26-32-21)19-6-4-3-5-7-19/h3-7,18,20-21,29H,8-17H2,1-2H3/t21-/m1/s1. The molecule has 174 valence electrons. The molecule has 0 aromatic heterocycles. The first-order chi connectivity index (χ1) is 15.4. The molecule has 0 radical (unpaired) electrons. The molecule has 3 aliphatic heterocycles. The van der Waals surface area contributed by atoms with Crippen molar-refractivity contribution in [3.05, 3.63) is 35.9 Å². The van der Waals surface area contributed by atoms with Gasteiger partial charge in [0.15, 0.2) is 0 Å². The molecule has 1 atom stereocenters. The number of rotatable bonds is 5. The van der Waals surface area contributed by atoms with Gasteiger partial charge in [0.1, 0.15) is 6.10 Å². The van der Waals surface area contributed by atoms with Crippen LogP contribution in [0.3, 0.4) is 0 Å². The number of nitrogens with zero attached hydrogens (tertiary/aromatic N) is 3. The Labute approximate surface area is 190 Å². The Balaban J connectivity index is 1.47. The zero-order chi connectivity index (χ0) is 22.7. The maximum absolute atomic E-state index is 13.8. The minimum absolute atomic E-state index is 0.0400. The zero-order valence-electron chi connectivity index (χ0n) is 19.2. The van der Waals surface area contributed by atoms with Crippen LogP contribution < -0.4 is 0 Å². The second kappa shape index (κ2) is 9.61. The van der Waals surface area contributed by atoms with E-state index in [-0.39, 0.29) is 29.9 Å². The Morgan fingerprint density at radius 2 is 1.75 bits per heavy atom. The number of hydrogen-bond acceptors (Lipinski definition) is 5. The van der Waals surface area contributed by atoms with E-state index in [9.17, 15) is 14.7 Å². The molecular formula is C25H35N3O4. The molecular weight excluding hydrogens is 406 g/mol. The zero-order valence-corrected chi connectivity index (χ0v) is 19.2. The summed E-state index contributed by atoms with van der Waals surface area (Å²) in [6, 6.07) is 10.0. The van der Waals surface area contributed by atoms with Crippen molar-refractivity contribution in [3.63, 3.8) is 0 Å². The van der Waals surface area contributed by atoms with Gasteiger partial charge in [-0.15, -0.1) is 0 Å². The van der Waals surface area contributed by atoms with E-state index in [1.54, 1.807) is 0 Å².